The van der Waals surface area contributed by atoms with Crippen LogP contribution in [0.15, 0.2) is 42.5 Å². The van der Waals surface area contributed by atoms with Crippen molar-refractivity contribution < 1.29 is 23.5 Å². The minimum atomic E-state index is -1.09. The molecule has 1 aromatic heterocycles. The minimum Gasteiger partial charge on any atom is -0.475 e. The second-order valence-electron chi connectivity index (χ2n) is 13.5. The molecule has 0 aliphatic heterocycles. The summed E-state index contributed by atoms with van der Waals surface area (Å²) in [5, 5.41) is 8.59. The van der Waals surface area contributed by atoms with Crippen LogP contribution in [0.25, 0.3) is 5.69 Å². The maximum absolute atomic E-state index is 15.5. The van der Waals surface area contributed by atoms with E-state index in [-0.39, 0.29) is 23.3 Å². The van der Waals surface area contributed by atoms with E-state index in [9.17, 15) is 9.59 Å². The lowest BCUT2D eigenvalue weighted by Gasteiger charge is -2.31. The summed E-state index contributed by atoms with van der Waals surface area (Å²) >= 11 is 6.21. The van der Waals surface area contributed by atoms with Crippen molar-refractivity contribution in [2.75, 3.05) is 5.32 Å². The first kappa shape index (κ1) is 30.6. The lowest BCUT2D eigenvalue weighted by atomic mass is 9.76. The predicted octanol–water partition coefficient (Wildman–Crippen LogP) is 8.10. The van der Waals surface area contributed by atoms with Crippen molar-refractivity contribution in [3.05, 3.63) is 70.3 Å². The van der Waals surface area contributed by atoms with Crippen molar-refractivity contribution in [3.8, 4) is 11.4 Å². The standard InChI is InChI=1S/C35H41ClFN3O4/c1-34(2,3)44-33(42)35(19-20-35)43-25-17-18-29(27(37)21-25)38-32(41)30(22-9-5-4-6-10-22)31-26-11-7-8-12-28(26)39-40(31)24-15-13-23(36)14-16-24/h13-18,21-22,30H,4-12,19-20H2,1-3H3,(H,38,41)/t30-/m0/s1. The molecule has 9 heteroatoms. The Morgan fingerprint density at radius 2 is 1.73 bits per heavy atom. The molecule has 0 saturated heterocycles. The molecule has 2 aromatic carbocycles. The van der Waals surface area contributed by atoms with Gasteiger partial charge in [0.05, 0.1) is 28.7 Å². The molecule has 7 nitrogen and oxygen atoms in total. The van der Waals surface area contributed by atoms with Crippen molar-refractivity contribution in [2.24, 2.45) is 5.92 Å². The lowest BCUT2D eigenvalue weighted by molar-refractivity contribution is -0.165. The molecule has 3 aromatic rings. The van der Waals surface area contributed by atoms with Gasteiger partial charge in [-0.15, -0.1) is 0 Å². The Hall–Kier alpha value is -3.39. The third-order valence-electron chi connectivity index (χ3n) is 8.95. The van der Waals surface area contributed by atoms with E-state index in [1.54, 1.807) is 26.8 Å². The number of aromatic nitrogens is 2. The van der Waals surface area contributed by atoms with E-state index in [1.807, 2.05) is 28.9 Å². The Labute approximate surface area is 263 Å². The van der Waals surface area contributed by atoms with E-state index in [1.165, 1.54) is 12.1 Å². The smallest absolute Gasteiger partial charge is 0.351 e. The van der Waals surface area contributed by atoms with Crippen molar-refractivity contribution >= 4 is 29.2 Å². The number of benzene rings is 2. The zero-order valence-corrected chi connectivity index (χ0v) is 26.5. The maximum atomic E-state index is 15.5. The van der Waals surface area contributed by atoms with Gasteiger partial charge in [0.1, 0.15) is 17.2 Å². The number of anilines is 1. The SMILES string of the molecule is CC(C)(C)OC(=O)C1(Oc2ccc(NC(=O)[C@H](c3c4c(nn3-c3ccc(Cl)cc3)CCCC4)C3CCCCC3)c(F)c2)CC1. The van der Waals surface area contributed by atoms with Crippen LogP contribution in [0.3, 0.4) is 0 Å². The molecule has 1 amide bonds. The molecule has 1 atom stereocenters. The van der Waals surface area contributed by atoms with Gasteiger partial charge in [-0.1, -0.05) is 30.9 Å². The van der Waals surface area contributed by atoms with Crippen molar-refractivity contribution in [3.63, 3.8) is 0 Å². The van der Waals surface area contributed by atoms with Crippen molar-refractivity contribution in [1.29, 1.82) is 0 Å². The van der Waals surface area contributed by atoms with Gasteiger partial charge in [0.2, 0.25) is 11.5 Å². The fraction of sp³-hybridized carbons (Fsp3) is 0.514. The Morgan fingerprint density at radius 1 is 1.02 bits per heavy atom. The highest BCUT2D eigenvalue weighted by molar-refractivity contribution is 6.30. The molecule has 3 aliphatic rings. The normalized spacial score (nSPS) is 18.7. The first-order valence-electron chi connectivity index (χ1n) is 15.9. The quantitative estimate of drug-likeness (QED) is 0.257. The number of halogens is 2. The Kier molecular flexibility index (Phi) is 8.48. The lowest BCUT2D eigenvalue weighted by Crippen LogP contribution is -2.37. The molecule has 234 valence electrons. The fourth-order valence-corrected chi connectivity index (χ4v) is 6.76. The Morgan fingerprint density at radius 3 is 2.39 bits per heavy atom. The number of ether oxygens (including phenoxy) is 2. The van der Waals surface area contributed by atoms with Crippen LogP contribution in [-0.4, -0.2) is 32.9 Å². The maximum Gasteiger partial charge on any atom is 0.351 e. The van der Waals surface area contributed by atoms with Crippen LogP contribution in [0.5, 0.6) is 5.75 Å². The molecule has 44 heavy (non-hydrogen) atoms. The summed E-state index contributed by atoms with van der Waals surface area (Å²) in [6.07, 6.45) is 10.0. The second kappa shape index (κ2) is 12.2. The fourth-order valence-electron chi connectivity index (χ4n) is 6.63. The van der Waals surface area contributed by atoms with Gasteiger partial charge in [-0.2, -0.15) is 5.10 Å². The van der Waals surface area contributed by atoms with Crippen molar-refractivity contribution in [1.82, 2.24) is 9.78 Å². The number of nitrogens with zero attached hydrogens (tertiary/aromatic N) is 2. The van der Waals surface area contributed by atoms with Crippen LogP contribution in [-0.2, 0) is 27.2 Å². The summed E-state index contributed by atoms with van der Waals surface area (Å²) in [6, 6.07) is 11.9. The highest BCUT2D eigenvalue weighted by atomic mass is 35.5. The van der Waals surface area contributed by atoms with Gasteiger partial charge in [-0.3, -0.25) is 4.79 Å². The molecule has 1 N–H and O–H groups in total. The Balaban J connectivity index is 1.29. The first-order chi connectivity index (χ1) is 21.0. The molecule has 2 saturated carbocycles. The molecule has 2 fully saturated rings. The van der Waals surface area contributed by atoms with Crippen LogP contribution < -0.4 is 10.1 Å². The number of rotatable bonds is 8. The number of fused-ring (bicyclic) bond motifs is 1. The molecule has 6 rings (SSSR count). The molecule has 1 heterocycles. The van der Waals surface area contributed by atoms with E-state index in [4.69, 9.17) is 26.2 Å². The van der Waals surface area contributed by atoms with E-state index >= 15 is 4.39 Å². The summed E-state index contributed by atoms with van der Waals surface area (Å²) in [5.41, 5.74) is 2.32. The van der Waals surface area contributed by atoms with Gasteiger partial charge in [0.25, 0.3) is 0 Å². The number of hydrogen-bond acceptors (Lipinski definition) is 5. The molecule has 0 spiro atoms. The van der Waals surface area contributed by atoms with Gasteiger partial charge in [0, 0.05) is 23.9 Å². The first-order valence-corrected chi connectivity index (χ1v) is 16.3. The van der Waals surface area contributed by atoms with E-state index < -0.39 is 28.9 Å². The largest absolute Gasteiger partial charge is 0.475 e. The zero-order chi connectivity index (χ0) is 31.1. The molecular formula is C35H41ClFN3O4. The van der Waals surface area contributed by atoms with Crippen LogP contribution in [0.4, 0.5) is 10.1 Å². The molecular weight excluding hydrogens is 581 g/mol. The number of carbonyl (C=O) groups excluding carboxylic acids is 2. The van der Waals surface area contributed by atoms with E-state index in [0.717, 1.165) is 80.4 Å². The summed E-state index contributed by atoms with van der Waals surface area (Å²) in [6.45, 7) is 5.41. The number of aryl methyl sites for hydroxylation is 1. The highest BCUT2D eigenvalue weighted by Gasteiger charge is 2.55. The number of carbonyl (C=O) groups is 2. The highest BCUT2D eigenvalue weighted by Crippen LogP contribution is 2.44. The topological polar surface area (TPSA) is 82.4 Å². The minimum absolute atomic E-state index is 0.0803. The Bertz CT molecular complexity index is 1530. The van der Waals surface area contributed by atoms with Crippen LogP contribution >= 0.6 is 11.6 Å². The number of hydrogen-bond donors (Lipinski definition) is 1. The van der Waals surface area contributed by atoms with Gasteiger partial charge in [0.15, 0.2) is 0 Å². The van der Waals surface area contributed by atoms with E-state index in [2.05, 4.69) is 5.32 Å². The molecule has 0 bridgehead atoms. The van der Waals surface area contributed by atoms with Gasteiger partial charge >= 0.3 is 5.97 Å². The van der Waals surface area contributed by atoms with Crippen molar-refractivity contribution in [2.45, 2.75) is 109 Å². The molecule has 3 aliphatic carbocycles. The third kappa shape index (κ3) is 6.51. The average Bonchev–Trinajstić information content (AvgIpc) is 3.68. The summed E-state index contributed by atoms with van der Waals surface area (Å²) in [5.74, 6) is -1.45. The molecule has 0 unspecified atom stereocenters. The third-order valence-corrected chi connectivity index (χ3v) is 9.20. The van der Waals surface area contributed by atoms with Gasteiger partial charge in [-0.25, -0.2) is 13.9 Å². The zero-order valence-electron chi connectivity index (χ0n) is 25.8. The number of amides is 1. The average molecular weight is 622 g/mol. The van der Waals surface area contributed by atoms with Crippen LogP contribution in [0.2, 0.25) is 5.02 Å². The number of nitrogens with one attached hydrogen (secondary N) is 1. The second-order valence-corrected chi connectivity index (χ2v) is 13.9. The summed E-state index contributed by atoms with van der Waals surface area (Å²) < 4.78 is 28.9. The summed E-state index contributed by atoms with van der Waals surface area (Å²) in [4.78, 5) is 27.0. The van der Waals surface area contributed by atoms with Gasteiger partial charge in [-0.05, 0) is 107 Å². The molecule has 0 radical (unpaired) electrons. The number of esters is 1. The predicted molar refractivity (Wildman–Crippen MR) is 168 cm³/mol. The van der Waals surface area contributed by atoms with Crippen LogP contribution in [0.1, 0.15) is 101 Å². The van der Waals surface area contributed by atoms with Crippen LogP contribution in [0, 0.1) is 11.7 Å². The van der Waals surface area contributed by atoms with E-state index in [0.29, 0.717) is 17.9 Å². The summed E-state index contributed by atoms with van der Waals surface area (Å²) in [7, 11) is 0. The van der Waals surface area contributed by atoms with Gasteiger partial charge < -0.3 is 14.8 Å². The monoisotopic (exact) mass is 621 g/mol.